The predicted molar refractivity (Wildman–Crippen MR) is 115 cm³/mol. The third kappa shape index (κ3) is 5.14. The van der Waals surface area contributed by atoms with Crippen molar-refractivity contribution in [2.45, 2.75) is 6.92 Å². The molecule has 5 nitrogen and oxygen atoms in total. The van der Waals surface area contributed by atoms with Crippen LogP contribution in [0, 0.1) is 0 Å². The number of hydrogen-bond acceptors (Lipinski definition) is 3. The number of nitrogens with zero attached hydrogens (tertiary/aromatic N) is 1. The molecule has 3 aromatic rings. The monoisotopic (exact) mass is 435 g/mol. The lowest BCUT2D eigenvalue weighted by Gasteiger charge is -2.08. The highest BCUT2D eigenvalue weighted by Gasteiger charge is 2.07. The number of benzene rings is 3. The molecule has 28 heavy (non-hydrogen) atoms. The number of halogens is 1. The average molecular weight is 436 g/mol. The maximum absolute atomic E-state index is 12.3. The summed E-state index contributed by atoms with van der Waals surface area (Å²) in [5.74, 6) is -0.476. The predicted octanol–water partition coefficient (Wildman–Crippen LogP) is 4.86. The first kappa shape index (κ1) is 19.5. The molecule has 0 aliphatic heterocycles. The van der Waals surface area contributed by atoms with Crippen LogP contribution in [0.5, 0.6) is 0 Å². The van der Waals surface area contributed by atoms with Crippen LogP contribution >= 0.6 is 15.9 Å². The van der Waals surface area contributed by atoms with Crippen molar-refractivity contribution in [2.24, 2.45) is 5.10 Å². The minimum absolute atomic E-state index is 0.184. The number of hydrazone groups is 1. The number of nitrogens with one attached hydrogen (secondary N) is 2. The second kappa shape index (κ2) is 9.10. The van der Waals surface area contributed by atoms with E-state index in [4.69, 9.17) is 0 Å². The summed E-state index contributed by atoms with van der Waals surface area (Å²) in [6, 6.07) is 23.3. The van der Waals surface area contributed by atoms with Gasteiger partial charge >= 0.3 is 0 Å². The first-order chi connectivity index (χ1) is 13.5. The van der Waals surface area contributed by atoms with Crippen LogP contribution in [0.1, 0.15) is 33.2 Å². The minimum atomic E-state index is -0.291. The number of carbonyl (C=O) groups excluding carboxylic acids is 2. The molecular weight excluding hydrogens is 418 g/mol. The van der Waals surface area contributed by atoms with Crippen molar-refractivity contribution >= 4 is 39.1 Å². The molecule has 0 aliphatic carbocycles. The Hall–Kier alpha value is -3.25. The third-order valence-corrected chi connectivity index (χ3v) is 4.53. The van der Waals surface area contributed by atoms with E-state index in [1.807, 2.05) is 36.4 Å². The molecule has 0 atom stereocenters. The Balaban J connectivity index is 1.68. The molecule has 0 spiro atoms. The topological polar surface area (TPSA) is 70.6 Å². The fourth-order valence-corrected chi connectivity index (χ4v) is 2.74. The van der Waals surface area contributed by atoms with Crippen LogP contribution < -0.4 is 10.7 Å². The first-order valence-electron chi connectivity index (χ1n) is 8.60. The van der Waals surface area contributed by atoms with Crippen molar-refractivity contribution in [1.29, 1.82) is 0 Å². The molecule has 0 aliphatic rings. The number of hydrogen-bond donors (Lipinski definition) is 2. The number of anilines is 1. The van der Waals surface area contributed by atoms with Gasteiger partial charge < -0.3 is 5.32 Å². The smallest absolute Gasteiger partial charge is 0.271 e. The van der Waals surface area contributed by atoms with Gasteiger partial charge in [-0.1, -0.05) is 46.3 Å². The average Bonchev–Trinajstić information content (AvgIpc) is 2.73. The fourth-order valence-electron chi connectivity index (χ4n) is 2.48. The number of amides is 2. The Morgan fingerprint density at radius 1 is 0.786 bits per heavy atom. The highest BCUT2D eigenvalue weighted by Crippen LogP contribution is 2.14. The van der Waals surface area contributed by atoms with Crippen molar-refractivity contribution in [2.75, 3.05) is 5.32 Å². The van der Waals surface area contributed by atoms with Gasteiger partial charge in [-0.2, -0.15) is 5.10 Å². The Labute approximate surface area is 171 Å². The normalized spacial score (nSPS) is 11.0. The zero-order valence-corrected chi connectivity index (χ0v) is 16.7. The van der Waals surface area contributed by atoms with E-state index in [2.05, 4.69) is 31.8 Å². The molecule has 0 radical (unpaired) electrons. The second-order valence-corrected chi connectivity index (χ2v) is 6.96. The van der Waals surface area contributed by atoms with Crippen molar-refractivity contribution in [1.82, 2.24) is 5.43 Å². The number of carbonyl (C=O) groups is 2. The van der Waals surface area contributed by atoms with E-state index in [0.29, 0.717) is 22.5 Å². The summed E-state index contributed by atoms with van der Waals surface area (Å²) in [6.07, 6.45) is 0. The van der Waals surface area contributed by atoms with E-state index < -0.39 is 0 Å². The maximum atomic E-state index is 12.3. The van der Waals surface area contributed by atoms with Gasteiger partial charge in [0.1, 0.15) is 0 Å². The standard InChI is InChI=1S/C22H18BrN3O2/c1-15(25-26-22(28)17-10-12-19(23)13-11-17)18-8-5-9-20(14-18)24-21(27)16-6-3-2-4-7-16/h2-14H,1H3,(H,24,27)(H,26,28)/b25-15-. The number of rotatable bonds is 5. The van der Waals surface area contributed by atoms with Gasteiger partial charge in [-0.3, -0.25) is 9.59 Å². The Morgan fingerprint density at radius 3 is 2.14 bits per heavy atom. The van der Waals surface area contributed by atoms with Gasteiger partial charge in [0.05, 0.1) is 5.71 Å². The largest absolute Gasteiger partial charge is 0.322 e. The summed E-state index contributed by atoms with van der Waals surface area (Å²) in [7, 11) is 0. The Bertz CT molecular complexity index is 1020. The molecule has 0 fully saturated rings. The Morgan fingerprint density at radius 2 is 1.43 bits per heavy atom. The third-order valence-electron chi connectivity index (χ3n) is 4.01. The van der Waals surface area contributed by atoms with Gasteiger partial charge in [0.15, 0.2) is 0 Å². The van der Waals surface area contributed by atoms with Gasteiger partial charge in [0.2, 0.25) is 0 Å². The summed E-state index contributed by atoms with van der Waals surface area (Å²) in [5, 5.41) is 7.03. The molecule has 0 bridgehead atoms. The molecule has 6 heteroatoms. The van der Waals surface area contributed by atoms with E-state index in [1.165, 1.54) is 0 Å². The second-order valence-electron chi connectivity index (χ2n) is 6.05. The minimum Gasteiger partial charge on any atom is -0.322 e. The zero-order chi connectivity index (χ0) is 19.9. The molecule has 3 aromatic carbocycles. The summed E-state index contributed by atoms with van der Waals surface area (Å²) in [6.45, 7) is 1.79. The van der Waals surface area contributed by atoms with Gasteiger partial charge in [0, 0.05) is 21.3 Å². The quantitative estimate of drug-likeness (QED) is 0.443. The van der Waals surface area contributed by atoms with E-state index >= 15 is 0 Å². The van der Waals surface area contributed by atoms with E-state index in [-0.39, 0.29) is 11.8 Å². The van der Waals surface area contributed by atoms with E-state index in [1.54, 1.807) is 49.4 Å². The Kier molecular flexibility index (Phi) is 6.34. The zero-order valence-electron chi connectivity index (χ0n) is 15.1. The van der Waals surface area contributed by atoms with Crippen molar-refractivity contribution in [3.05, 3.63) is 100 Å². The van der Waals surface area contributed by atoms with Gasteiger partial charge in [0.25, 0.3) is 11.8 Å². The molecule has 0 unspecified atom stereocenters. The van der Waals surface area contributed by atoms with Crippen LogP contribution in [-0.4, -0.2) is 17.5 Å². The van der Waals surface area contributed by atoms with E-state index in [0.717, 1.165) is 10.0 Å². The molecule has 0 heterocycles. The summed E-state index contributed by atoms with van der Waals surface area (Å²) >= 11 is 3.34. The lowest BCUT2D eigenvalue weighted by atomic mass is 10.1. The molecule has 2 amide bonds. The molecule has 2 N–H and O–H groups in total. The van der Waals surface area contributed by atoms with Gasteiger partial charge in [-0.15, -0.1) is 0 Å². The summed E-state index contributed by atoms with van der Waals surface area (Å²) in [4.78, 5) is 24.5. The SMILES string of the molecule is C/C(=N/NC(=O)c1ccc(Br)cc1)c1cccc(NC(=O)c2ccccc2)c1. The van der Waals surface area contributed by atoms with Crippen LogP contribution in [0.15, 0.2) is 88.4 Å². The van der Waals surface area contributed by atoms with Gasteiger partial charge in [-0.25, -0.2) is 5.43 Å². The molecule has 0 aromatic heterocycles. The lowest BCUT2D eigenvalue weighted by molar-refractivity contribution is 0.0954. The highest BCUT2D eigenvalue weighted by atomic mass is 79.9. The summed E-state index contributed by atoms with van der Waals surface area (Å²) < 4.78 is 0.901. The first-order valence-corrected chi connectivity index (χ1v) is 9.39. The highest BCUT2D eigenvalue weighted by molar-refractivity contribution is 9.10. The van der Waals surface area contributed by atoms with Crippen LogP contribution in [0.2, 0.25) is 0 Å². The maximum Gasteiger partial charge on any atom is 0.271 e. The van der Waals surface area contributed by atoms with Crippen LogP contribution in [0.25, 0.3) is 0 Å². The van der Waals surface area contributed by atoms with Crippen molar-refractivity contribution < 1.29 is 9.59 Å². The molecule has 0 saturated heterocycles. The van der Waals surface area contributed by atoms with E-state index in [9.17, 15) is 9.59 Å². The molecule has 140 valence electrons. The van der Waals surface area contributed by atoms with Crippen molar-refractivity contribution in [3.8, 4) is 0 Å². The molecule has 3 rings (SSSR count). The molecule has 0 saturated carbocycles. The van der Waals surface area contributed by atoms with Crippen LogP contribution in [0.4, 0.5) is 5.69 Å². The molecular formula is C22H18BrN3O2. The van der Waals surface area contributed by atoms with Crippen molar-refractivity contribution in [3.63, 3.8) is 0 Å². The van der Waals surface area contributed by atoms with Gasteiger partial charge in [-0.05, 0) is 61.0 Å². The van der Waals surface area contributed by atoms with Crippen LogP contribution in [0.3, 0.4) is 0 Å². The lowest BCUT2D eigenvalue weighted by Crippen LogP contribution is -2.19. The van der Waals surface area contributed by atoms with Crippen LogP contribution in [-0.2, 0) is 0 Å². The fraction of sp³-hybridized carbons (Fsp3) is 0.0455. The summed E-state index contributed by atoms with van der Waals surface area (Å²) in [5.41, 5.74) is 5.72.